The molecule has 0 fully saturated rings. The summed E-state index contributed by atoms with van der Waals surface area (Å²) in [7, 11) is 1.75. The van der Waals surface area contributed by atoms with Crippen molar-refractivity contribution in [2.24, 2.45) is 7.05 Å². The van der Waals surface area contributed by atoms with Crippen molar-refractivity contribution < 1.29 is 4.79 Å². The van der Waals surface area contributed by atoms with Crippen molar-refractivity contribution in [1.29, 1.82) is 0 Å². The average Bonchev–Trinajstić information content (AvgIpc) is 2.59. The number of anilines is 2. The first-order valence-corrected chi connectivity index (χ1v) is 6.08. The zero-order valence-corrected chi connectivity index (χ0v) is 11.6. The Morgan fingerprint density at radius 1 is 1.26 bits per heavy atom. The first kappa shape index (κ1) is 13.1. The van der Waals surface area contributed by atoms with Gasteiger partial charge >= 0.3 is 0 Å². The second-order valence-electron chi connectivity index (χ2n) is 4.72. The number of carbonyl (C=O) groups excluding carboxylic acids is 1. The zero-order chi connectivity index (χ0) is 14.2. The molecule has 2 aromatic rings. The van der Waals surface area contributed by atoms with Crippen LogP contribution in [0.15, 0.2) is 18.2 Å². The summed E-state index contributed by atoms with van der Waals surface area (Å²) < 4.78 is 1.57. The molecule has 19 heavy (non-hydrogen) atoms. The standard InChI is InChI=1S/C14H18N4O/c1-8-5-6-11(7-9(8)2)14(19)16-13-12(15)10(3)17-18(13)4/h5-7H,15H2,1-4H3,(H,16,19). The number of nitrogen functional groups attached to an aromatic ring is 1. The highest BCUT2D eigenvalue weighted by Gasteiger charge is 2.14. The topological polar surface area (TPSA) is 72.9 Å². The number of nitrogens with one attached hydrogen (secondary N) is 1. The predicted molar refractivity (Wildman–Crippen MR) is 76.2 cm³/mol. The maximum Gasteiger partial charge on any atom is 0.256 e. The van der Waals surface area contributed by atoms with Gasteiger partial charge in [0.25, 0.3) is 5.91 Å². The van der Waals surface area contributed by atoms with Gasteiger partial charge in [-0.05, 0) is 44.0 Å². The third-order valence-electron chi connectivity index (χ3n) is 3.27. The summed E-state index contributed by atoms with van der Waals surface area (Å²) in [4.78, 5) is 12.2. The highest BCUT2D eigenvalue weighted by Crippen LogP contribution is 2.21. The van der Waals surface area contributed by atoms with Crippen LogP contribution in [0.4, 0.5) is 11.5 Å². The van der Waals surface area contributed by atoms with Crippen LogP contribution in [0.3, 0.4) is 0 Å². The van der Waals surface area contributed by atoms with Crippen LogP contribution in [-0.2, 0) is 7.05 Å². The van der Waals surface area contributed by atoms with Crippen molar-refractivity contribution >= 4 is 17.4 Å². The molecule has 0 saturated carbocycles. The third-order valence-corrected chi connectivity index (χ3v) is 3.27. The van der Waals surface area contributed by atoms with E-state index in [1.807, 2.05) is 26.0 Å². The van der Waals surface area contributed by atoms with Crippen LogP contribution in [0, 0.1) is 20.8 Å². The summed E-state index contributed by atoms with van der Waals surface area (Å²) in [6.07, 6.45) is 0. The Kier molecular flexibility index (Phi) is 3.29. The first-order chi connectivity index (χ1) is 8.90. The van der Waals surface area contributed by atoms with Crippen LogP contribution in [0.25, 0.3) is 0 Å². The number of hydrogen-bond acceptors (Lipinski definition) is 3. The van der Waals surface area contributed by atoms with E-state index in [-0.39, 0.29) is 5.91 Å². The Labute approximate surface area is 112 Å². The van der Waals surface area contributed by atoms with E-state index in [1.165, 1.54) is 0 Å². The van der Waals surface area contributed by atoms with E-state index in [0.29, 0.717) is 22.8 Å². The minimum atomic E-state index is -0.183. The molecule has 5 heteroatoms. The number of benzene rings is 1. The summed E-state index contributed by atoms with van der Waals surface area (Å²) in [5, 5.41) is 6.96. The molecular formula is C14H18N4O. The number of nitrogens with zero attached hydrogens (tertiary/aromatic N) is 2. The van der Waals surface area contributed by atoms with E-state index >= 15 is 0 Å². The van der Waals surface area contributed by atoms with Crippen molar-refractivity contribution in [3.8, 4) is 0 Å². The lowest BCUT2D eigenvalue weighted by atomic mass is 10.1. The number of rotatable bonds is 2. The molecule has 0 unspecified atom stereocenters. The molecule has 1 aromatic carbocycles. The van der Waals surface area contributed by atoms with Crippen LogP contribution in [-0.4, -0.2) is 15.7 Å². The molecule has 0 aliphatic carbocycles. The van der Waals surface area contributed by atoms with Gasteiger partial charge in [-0.15, -0.1) is 0 Å². The van der Waals surface area contributed by atoms with E-state index in [0.717, 1.165) is 11.1 Å². The van der Waals surface area contributed by atoms with Crippen LogP contribution in [0.1, 0.15) is 27.2 Å². The SMILES string of the molecule is Cc1ccc(C(=O)Nc2c(N)c(C)nn2C)cc1C. The zero-order valence-electron chi connectivity index (χ0n) is 11.6. The van der Waals surface area contributed by atoms with Crippen molar-refractivity contribution in [3.05, 3.63) is 40.6 Å². The van der Waals surface area contributed by atoms with Gasteiger partial charge in [0.2, 0.25) is 0 Å². The van der Waals surface area contributed by atoms with Gasteiger partial charge in [0.05, 0.1) is 11.4 Å². The Bertz CT molecular complexity index is 643. The van der Waals surface area contributed by atoms with Crippen LogP contribution >= 0.6 is 0 Å². The third kappa shape index (κ3) is 2.45. The van der Waals surface area contributed by atoms with E-state index in [9.17, 15) is 4.79 Å². The quantitative estimate of drug-likeness (QED) is 0.867. The Balaban J connectivity index is 2.28. The van der Waals surface area contributed by atoms with E-state index in [1.54, 1.807) is 24.7 Å². The number of aryl methyl sites for hydroxylation is 4. The van der Waals surface area contributed by atoms with Gasteiger partial charge in [-0.3, -0.25) is 9.48 Å². The number of carbonyl (C=O) groups is 1. The molecule has 0 aliphatic heterocycles. The minimum absolute atomic E-state index is 0.183. The smallest absolute Gasteiger partial charge is 0.256 e. The lowest BCUT2D eigenvalue weighted by Gasteiger charge is -2.08. The summed E-state index contributed by atoms with van der Waals surface area (Å²) >= 11 is 0. The average molecular weight is 258 g/mol. The molecular weight excluding hydrogens is 240 g/mol. The Hall–Kier alpha value is -2.30. The number of hydrogen-bond donors (Lipinski definition) is 2. The maximum absolute atomic E-state index is 12.2. The minimum Gasteiger partial charge on any atom is -0.394 e. The van der Waals surface area contributed by atoms with Crippen LogP contribution in [0.2, 0.25) is 0 Å². The molecule has 0 atom stereocenters. The lowest BCUT2D eigenvalue weighted by molar-refractivity contribution is 0.102. The highest BCUT2D eigenvalue weighted by molar-refractivity contribution is 6.05. The van der Waals surface area contributed by atoms with Gasteiger partial charge in [0, 0.05) is 12.6 Å². The fourth-order valence-corrected chi connectivity index (χ4v) is 1.89. The van der Waals surface area contributed by atoms with Crippen molar-refractivity contribution in [2.75, 3.05) is 11.1 Å². The van der Waals surface area contributed by atoms with Crippen molar-refractivity contribution in [2.45, 2.75) is 20.8 Å². The molecule has 0 aliphatic rings. The molecule has 1 aromatic heterocycles. The largest absolute Gasteiger partial charge is 0.394 e. The number of nitrogens with two attached hydrogens (primary N) is 1. The maximum atomic E-state index is 12.2. The molecule has 1 amide bonds. The summed E-state index contributed by atoms with van der Waals surface area (Å²) in [6.45, 7) is 5.80. The van der Waals surface area contributed by atoms with Gasteiger partial charge in [-0.1, -0.05) is 6.07 Å². The van der Waals surface area contributed by atoms with Gasteiger partial charge in [-0.2, -0.15) is 5.10 Å². The number of amides is 1. The normalized spacial score (nSPS) is 10.5. The van der Waals surface area contributed by atoms with E-state index in [4.69, 9.17) is 5.73 Å². The van der Waals surface area contributed by atoms with Gasteiger partial charge < -0.3 is 11.1 Å². The molecule has 1 heterocycles. The molecule has 0 spiro atoms. The summed E-state index contributed by atoms with van der Waals surface area (Å²) in [6, 6.07) is 5.60. The monoisotopic (exact) mass is 258 g/mol. The van der Waals surface area contributed by atoms with E-state index in [2.05, 4.69) is 10.4 Å². The molecule has 0 bridgehead atoms. The summed E-state index contributed by atoms with van der Waals surface area (Å²) in [5.74, 6) is 0.346. The summed E-state index contributed by atoms with van der Waals surface area (Å²) in [5.41, 5.74) is 9.95. The number of aromatic nitrogens is 2. The Morgan fingerprint density at radius 3 is 2.47 bits per heavy atom. The van der Waals surface area contributed by atoms with Crippen molar-refractivity contribution in [1.82, 2.24) is 9.78 Å². The molecule has 3 N–H and O–H groups in total. The fourth-order valence-electron chi connectivity index (χ4n) is 1.89. The first-order valence-electron chi connectivity index (χ1n) is 6.08. The molecule has 2 rings (SSSR count). The van der Waals surface area contributed by atoms with Crippen LogP contribution in [0.5, 0.6) is 0 Å². The molecule has 100 valence electrons. The van der Waals surface area contributed by atoms with Gasteiger partial charge in [-0.25, -0.2) is 0 Å². The highest BCUT2D eigenvalue weighted by atomic mass is 16.1. The van der Waals surface area contributed by atoms with Crippen LogP contribution < -0.4 is 11.1 Å². The van der Waals surface area contributed by atoms with Gasteiger partial charge in [0.1, 0.15) is 0 Å². The predicted octanol–water partition coefficient (Wildman–Crippen LogP) is 2.18. The van der Waals surface area contributed by atoms with E-state index < -0.39 is 0 Å². The molecule has 0 saturated heterocycles. The Morgan fingerprint density at radius 2 is 1.95 bits per heavy atom. The second-order valence-corrected chi connectivity index (χ2v) is 4.72. The molecule has 0 radical (unpaired) electrons. The van der Waals surface area contributed by atoms with Gasteiger partial charge in [0.15, 0.2) is 5.82 Å². The second kappa shape index (κ2) is 4.76. The molecule has 5 nitrogen and oxygen atoms in total. The van der Waals surface area contributed by atoms with Crippen molar-refractivity contribution in [3.63, 3.8) is 0 Å². The fraction of sp³-hybridized carbons (Fsp3) is 0.286. The lowest BCUT2D eigenvalue weighted by Crippen LogP contribution is -2.15.